The van der Waals surface area contributed by atoms with Crippen LogP contribution in [-0.4, -0.2) is 24.1 Å². The third-order valence-corrected chi connectivity index (χ3v) is 2.93. The number of hydrogen-bond donors (Lipinski definition) is 1. The second-order valence-corrected chi connectivity index (χ2v) is 4.04. The lowest BCUT2D eigenvalue weighted by molar-refractivity contribution is -0.386. The van der Waals surface area contributed by atoms with Crippen molar-refractivity contribution in [3.63, 3.8) is 0 Å². The largest absolute Gasteiger partial charge is 0.481 e. The van der Waals surface area contributed by atoms with E-state index in [4.69, 9.17) is 4.74 Å². The Morgan fingerprint density at radius 1 is 1.53 bits per heavy atom. The Morgan fingerprint density at radius 2 is 2.24 bits per heavy atom. The lowest BCUT2D eigenvalue weighted by Crippen LogP contribution is -2.45. The molecule has 0 aromatic heterocycles. The van der Waals surface area contributed by atoms with Crippen molar-refractivity contribution >= 4 is 5.69 Å². The quantitative estimate of drug-likeness (QED) is 0.644. The van der Waals surface area contributed by atoms with Gasteiger partial charge in [0.15, 0.2) is 5.82 Å². The third-order valence-electron chi connectivity index (χ3n) is 2.93. The van der Waals surface area contributed by atoms with E-state index in [9.17, 15) is 14.5 Å². The predicted octanol–water partition coefficient (Wildman–Crippen LogP) is 1.86. The van der Waals surface area contributed by atoms with Gasteiger partial charge in [0.2, 0.25) is 5.75 Å². The van der Waals surface area contributed by atoms with Crippen molar-refractivity contribution in [3.05, 3.63) is 34.1 Å². The average Bonchev–Trinajstić information content (AvgIpc) is 2.24. The molecule has 1 aliphatic rings. The van der Waals surface area contributed by atoms with Crippen LogP contribution in [0.4, 0.5) is 10.1 Å². The first-order valence-corrected chi connectivity index (χ1v) is 5.38. The van der Waals surface area contributed by atoms with Crippen LogP contribution in [0.25, 0.3) is 0 Å². The number of nitrogens with zero attached hydrogens (tertiary/aromatic N) is 1. The van der Waals surface area contributed by atoms with Gasteiger partial charge in [0.25, 0.3) is 0 Å². The summed E-state index contributed by atoms with van der Waals surface area (Å²) in [5, 5.41) is 13.8. The number of ether oxygens (including phenoxy) is 1. The lowest BCUT2D eigenvalue weighted by atomic mass is 9.89. The molecule has 0 saturated heterocycles. The SMILES string of the molecule is CNC1CC(Oc2c(F)cccc2[N+](=O)[O-])C1. The highest BCUT2D eigenvalue weighted by molar-refractivity contribution is 5.47. The minimum atomic E-state index is -0.688. The maximum absolute atomic E-state index is 13.5. The van der Waals surface area contributed by atoms with E-state index in [1.54, 1.807) is 0 Å². The Kier molecular flexibility index (Phi) is 3.23. The molecule has 0 bridgehead atoms. The standard InChI is InChI=1S/C11H13FN2O3/c1-13-7-5-8(6-7)17-11-9(12)3-2-4-10(11)14(15)16/h2-4,7-8,13H,5-6H2,1H3. The maximum atomic E-state index is 13.5. The second-order valence-electron chi connectivity index (χ2n) is 4.04. The summed E-state index contributed by atoms with van der Waals surface area (Å²) in [6.07, 6.45) is 1.33. The van der Waals surface area contributed by atoms with Gasteiger partial charge in [-0.1, -0.05) is 6.07 Å². The molecule has 0 radical (unpaired) electrons. The molecule has 1 aromatic rings. The van der Waals surface area contributed by atoms with Crippen LogP contribution in [0.2, 0.25) is 0 Å². The zero-order valence-corrected chi connectivity index (χ0v) is 9.35. The summed E-state index contributed by atoms with van der Waals surface area (Å²) in [4.78, 5) is 10.1. The minimum absolute atomic E-state index is 0.150. The van der Waals surface area contributed by atoms with E-state index < -0.39 is 10.7 Å². The van der Waals surface area contributed by atoms with E-state index in [1.807, 2.05) is 7.05 Å². The van der Waals surface area contributed by atoms with E-state index >= 15 is 0 Å². The molecule has 0 atom stereocenters. The van der Waals surface area contributed by atoms with Gasteiger partial charge < -0.3 is 10.1 Å². The van der Waals surface area contributed by atoms with Crippen LogP contribution in [0.15, 0.2) is 18.2 Å². The first-order valence-electron chi connectivity index (χ1n) is 5.38. The topological polar surface area (TPSA) is 64.4 Å². The monoisotopic (exact) mass is 240 g/mol. The highest BCUT2D eigenvalue weighted by atomic mass is 19.1. The van der Waals surface area contributed by atoms with E-state index in [0.29, 0.717) is 6.04 Å². The lowest BCUT2D eigenvalue weighted by Gasteiger charge is -2.34. The molecular weight excluding hydrogens is 227 g/mol. The third kappa shape index (κ3) is 2.36. The Labute approximate surface area is 97.7 Å². The number of para-hydroxylation sites is 1. The summed E-state index contributed by atoms with van der Waals surface area (Å²) >= 11 is 0. The fourth-order valence-electron chi connectivity index (χ4n) is 1.82. The van der Waals surface area contributed by atoms with Gasteiger partial charge in [0.1, 0.15) is 6.10 Å². The number of benzene rings is 1. The summed E-state index contributed by atoms with van der Waals surface area (Å²) in [5.41, 5.74) is -0.321. The maximum Gasteiger partial charge on any atom is 0.314 e. The van der Waals surface area contributed by atoms with Crippen LogP contribution >= 0.6 is 0 Å². The number of rotatable bonds is 4. The van der Waals surface area contributed by atoms with Gasteiger partial charge in [0.05, 0.1) is 4.92 Å². The van der Waals surface area contributed by atoms with Crippen molar-refractivity contribution in [3.8, 4) is 5.75 Å². The van der Waals surface area contributed by atoms with E-state index in [0.717, 1.165) is 18.9 Å². The van der Waals surface area contributed by atoms with Gasteiger partial charge in [-0.15, -0.1) is 0 Å². The average molecular weight is 240 g/mol. The molecule has 1 aromatic carbocycles. The van der Waals surface area contributed by atoms with Gasteiger partial charge in [0, 0.05) is 12.1 Å². The zero-order valence-electron chi connectivity index (χ0n) is 9.35. The van der Waals surface area contributed by atoms with E-state index in [1.165, 1.54) is 12.1 Å². The molecule has 0 aliphatic heterocycles. The number of halogens is 1. The molecule has 5 nitrogen and oxygen atoms in total. The van der Waals surface area contributed by atoms with Gasteiger partial charge in [-0.3, -0.25) is 10.1 Å². The van der Waals surface area contributed by atoms with Crippen LogP contribution in [0.5, 0.6) is 5.75 Å². The molecule has 0 spiro atoms. The molecule has 6 heteroatoms. The highest BCUT2D eigenvalue weighted by Gasteiger charge is 2.32. The summed E-state index contributed by atoms with van der Waals surface area (Å²) < 4.78 is 18.8. The second kappa shape index (κ2) is 4.67. The van der Waals surface area contributed by atoms with Crippen LogP contribution in [0.3, 0.4) is 0 Å². The number of nitrogens with one attached hydrogen (secondary N) is 1. The number of hydrogen-bond acceptors (Lipinski definition) is 4. The Hall–Kier alpha value is -1.69. The molecular formula is C11H13FN2O3. The van der Waals surface area contributed by atoms with Crippen molar-refractivity contribution < 1.29 is 14.1 Å². The molecule has 2 rings (SSSR count). The number of nitro benzene ring substituents is 1. The van der Waals surface area contributed by atoms with Crippen molar-refractivity contribution in [2.45, 2.75) is 25.0 Å². The van der Waals surface area contributed by atoms with Gasteiger partial charge in [-0.2, -0.15) is 0 Å². The first-order chi connectivity index (χ1) is 8.11. The van der Waals surface area contributed by atoms with Gasteiger partial charge in [-0.25, -0.2) is 4.39 Å². The highest BCUT2D eigenvalue weighted by Crippen LogP contribution is 2.34. The molecule has 1 fully saturated rings. The van der Waals surface area contributed by atoms with Gasteiger partial charge >= 0.3 is 5.69 Å². The molecule has 1 aliphatic carbocycles. The summed E-state index contributed by atoms with van der Waals surface area (Å²) in [6, 6.07) is 4.06. The van der Waals surface area contributed by atoms with E-state index in [2.05, 4.69) is 5.32 Å². The zero-order chi connectivity index (χ0) is 12.4. The molecule has 0 heterocycles. The summed E-state index contributed by atoms with van der Waals surface area (Å²) in [6.45, 7) is 0. The minimum Gasteiger partial charge on any atom is -0.481 e. The summed E-state index contributed by atoms with van der Waals surface area (Å²) in [5.74, 6) is -0.941. The fourth-order valence-corrected chi connectivity index (χ4v) is 1.82. The van der Waals surface area contributed by atoms with Crippen LogP contribution in [-0.2, 0) is 0 Å². The van der Waals surface area contributed by atoms with Crippen molar-refractivity contribution in [2.24, 2.45) is 0 Å². The fraction of sp³-hybridized carbons (Fsp3) is 0.455. The number of nitro groups is 1. The van der Waals surface area contributed by atoms with E-state index in [-0.39, 0.29) is 17.5 Å². The molecule has 92 valence electrons. The summed E-state index contributed by atoms with van der Waals surface area (Å²) in [7, 11) is 1.84. The van der Waals surface area contributed by atoms with Gasteiger partial charge in [-0.05, 0) is 26.0 Å². The Bertz CT molecular complexity index is 433. The predicted molar refractivity (Wildman–Crippen MR) is 59.6 cm³/mol. The molecule has 1 N–H and O–H groups in total. The first kappa shape index (κ1) is 11.8. The molecule has 17 heavy (non-hydrogen) atoms. The molecule has 0 amide bonds. The molecule has 1 saturated carbocycles. The van der Waals surface area contributed by atoms with Crippen LogP contribution in [0.1, 0.15) is 12.8 Å². The van der Waals surface area contributed by atoms with Crippen molar-refractivity contribution in [1.29, 1.82) is 0 Å². The Balaban J connectivity index is 2.12. The Morgan fingerprint density at radius 3 is 2.82 bits per heavy atom. The smallest absolute Gasteiger partial charge is 0.314 e. The van der Waals surface area contributed by atoms with Crippen molar-refractivity contribution in [1.82, 2.24) is 5.32 Å². The van der Waals surface area contributed by atoms with Crippen LogP contribution in [0, 0.1) is 15.9 Å². The van der Waals surface area contributed by atoms with Crippen LogP contribution < -0.4 is 10.1 Å². The normalized spacial score (nSPS) is 22.9. The molecule has 0 unspecified atom stereocenters. The van der Waals surface area contributed by atoms with Crippen molar-refractivity contribution in [2.75, 3.05) is 7.05 Å².